The third-order valence-corrected chi connectivity index (χ3v) is 3.62. The van der Waals surface area contributed by atoms with Gasteiger partial charge in [-0.2, -0.15) is 0 Å². The maximum absolute atomic E-state index is 6.24. The SMILES string of the molecule is CN1CCN(C)C(CC(N)C(C)(C)C)C1. The van der Waals surface area contributed by atoms with E-state index in [1.165, 1.54) is 6.54 Å². The van der Waals surface area contributed by atoms with Crippen LogP contribution in [0.1, 0.15) is 27.2 Å². The molecule has 3 nitrogen and oxygen atoms in total. The largest absolute Gasteiger partial charge is 0.327 e. The molecular weight excluding hydrogens is 186 g/mol. The van der Waals surface area contributed by atoms with E-state index in [0.717, 1.165) is 19.5 Å². The second-order valence-electron chi connectivity index (χ2n) is 6.10. The summed E-state index contributed by atoms with van der Waals surface area (Å²) in [5.41, 5.74) is 6.46. The average molecular weight is 213 g/mol. The number of piperazine rings is 1. The van der Waals surface area contributed by atoms with Gasteiger partial charge in [-0.25, -0.2) is 0 Å². The summed E-state index contributed by atoms with van der Waals surface area (Å²) in [6, 6.07) is 0.912. The molecule has 0 radical (unpaired) electrons. The fourth-order valence-electron chi connectivity index (χ4n) is 2.00. The summed E-state index contributed by atoms with van der Waals surface area (Å²) >= 11 is 0. The lowest BCUT2D eigenvalue weighted by Crippen LogP contribution is -2.53. The molecule has 1 fully saturated rings. The van der Waals surface area contributed by atoms with E-state index in [1.807, 2.05) is 0 Å². The minimum Gasteiger partial charge on any atom is -0.327 e. The molecule has 1 rings (SSSR count). The fourth-order valence-corrected chi connectivity index (χ4v) is 2.00. The van der Waals surface area contributed by atoms with Gasteiger partial charge in [-0.15, -0.1) is 0 Å². The van der Waals surface area contributed by atoms with E-state index in [4.69, 9.17) is 5.73 Å². The summed E-state index contributed by atoms with van der Waals surface area (Å²) in [7, 11) is 4.41. The number of rotatable bonds is 2. The molecule has 90 valence electrons. The first-order valence-corrected chi connectivity index (χ1v) is 5.95. The molecule has 2 atom stereocenters. The Morgan fingerprint density at radius 1 is 1.27 bits per heavy atom. The average Bonchev–Trinajstić information content (AvgIpc) is 2.09. The predicted molar refractivity (Wildman–Crippen MR) is 66.0 cm³/mol. The van der Waals surface area contributed by atoms with Crippen molar-refractivity contribution in [3.8, 4) is 0 Å². The van der Waals surface area contributed by atoms with Gasteiger partial charge in [-0.05, 0) is 25.9 Å². The highest BCUT2D eigenvalue weighted by Crippen LogP contribution is 2.23. The summed E-state index contributed by atoms with van der Waals surface area (Å²) in [6.07, 6.45) is 1.10. The van der Waals surface area contributed by atoms with Crippen LogP contribution in [-0.4, -0.2) is 55.6 Å². The molecule has 0 aliphatic carbocycles. The number of nitrogens with zero attached hydrogens (tertiary/aromatic N) is 2. The van der Waals surface area contributed by atoms with Gasteiger partial charge in [-0.3, -0.25) is 0 Å². The van der Waals surface area contributed by atoms with Gasteiger partial charge in [0.1, 0.15) is 0 Å². The fraction of sp³-hybridized carbons (Fsp3) is 1.00. The standard InChI is InChI=1S/C12H27N3/c1-12(2,3)11(13)8-10-9-14(4)6-7-15(10)5/h10-11H,6-9,13H2,1-5H3. The van der Waals surface area contributed by atoms with Gasteiger partial charge in [0.2, 0.25) is 0 Å². The van der Waals surface area contributed by atoms with Crippen LogP contribution in [0, 0.1) is 5.41 Å². The van der Waals surface area contributed by atoms with Crippen LogP contribution in [0.25, 0.3) is 0 Å². The topological polar surface area (TPSA) is 32.5 Å². The van der Waals surface area contributed by atoms with Crippen LogP contribution in [-0.2, 0) is 0 Å². The Morgan fingerprint density at radius 2 is 1.87 bits per heavy atom. The molecule has 1 aliphatic rings. The third kappa shape index (κ3) is 3.74. The van der Waals surface area contributed by atoms with Gasteiger partial charge < -0.3 is 15.5 Å². The van der Waals surface area contributed by atoms with Crippen LogP contribution in [0.5, 0.6) is 0 Å². The first kappa shape index (κ1) is 12.9. The second kappa shape index (κ2) is 4.81. The smallest absolute Gasteiger partial charge is 0.0235 e. The minimum atomic E-state index is 0.219. The molecule has 0 aromatic rings. The van der Waals surface area contributed by atoms with Crippen molar-refractivity contribution >= 4 is 0 Å². The molecule has 2 unspecified atom stereocenters. The zero-order chi connectivity index (χ0) is 11.6. The molecule has 1 saturated heterocycles. The van der Waals surface area contributed by atoms with E-state index in [0.29, 0.717) is 6.04 Å². The number of hydrogen-bond donors (Lipinski definition) is 1. The molecule has 0 aromatic heterocycles. The summed E-state index contributed by atoms with van der Waals surface area (Å²) in [6.45, 7) is 10.2. The van der Waals surface area contributed by atoms with Gasteiger partial charge in [0.15, 0.2) is 0 Å². The normalized spacial score (nSPS) is 28.0. The van der Waals surface area contributed by atoms with Crippen molar-refractivity contribution in [3.05, 3.63) is 0 Å². The van der Waals surface area contributed by atoms with E-state index in [-0.39, 0.29) is 11.5 Å². The van der Waals surface area contributed by atoms with E-state index in [1.54, 1.807) is 0 Å². The van der Waals surface area contributed by atoms with Crippen LogP contribution in [0.15, 0.2) is 0 Å². The van der Waals surface area contributed by atoms with Gasteiger partial charge in [0.05, 0.1) is 0 Å². The van der Waals surface area contributed by atoms with E-state index < -0.39 is 0 Å². The lowest BCUT2D eigenvalue weighted by molar-refractivity contribution is 0.0931. The number of nitrogens with two attached hydrogens (primary N) is 1. The highest BCUT2D eigenvalue weighted by atomic mass is 15.3. The molecule has 3 heteroatoms. The Hall–Kier alpha value is -0.120. The van der Waals surface area contributed by atoms with E-state index >= 15 is 0 Å². The van der Waals surface area contributed by atoms with Crippen LogP contribution in [0.3, 0.4) is 0 Å². The molecule has 0 saturated carbocycles. The summed E-state index contributed by atoms with van der Waals surface area (Å²) < 4.78 is 0. The molecule has 1 heterocycles. The Labute approximate surface area is 94.6 Å². The van der Waals surface area contributed by atoms with Crippen LogP contribution >= 0.6 is 0 Å². The Morgan fingerprint density at radius 3 is 2.40 bits per heavy atom. The zero-order valence-corrected chi connectivity index (χ0v) is 11.0. The maximum atomic E-state index is 6.24. The maximum Gasteiger partial charge on any atom is 0.0235 e. The van der Waals surface area contributed by atoms with Gasteiger partial charge in [0, 0.05) is 31.7 Å². The molecule has 0 bridgehead atoms. The first-order valence-electron chi connectivity index (χ1n) is 5.95. The van der Waals surface area contributed by atoms with Gasteiger partial charge in [-0.1, -0.05) is 20.8 Å². The zero-order valence-electron chi connectivity index (χ0n) is 11.0. The van der Waals surface area contributed by atoms with Crippen molar-refractivity contribution in [1.82, 2.24) is 9.80 Å². The van der Waals surface area contributed by atoms with E-state index in [2.05, 4.69) is 44.7 Å². The monoisotopic (exact) mass is 213 g/mol. The molecule has 15 heavy (non-hydrogen) atoms. The van der Waals surface area contributed by atoms with Crippen molar-refractivity contribution in [1.29, 1.82) is 0 Å². The molecule has 1 aliphatic heterocycles. The quantitative estimate of drug-likeness (QED) is 0.742. The van der Waals surface area contributed by atoms with Crippen molar-refractivity contribution < 1.29 is 0 Å². The predicted octanol–water partition coefficient (Wildman–Crippen LogP) is 0.996. The van der Waals surface area contributed by atoms with Crippen LogP contribution < -0.4 is 5.73 Å². The third-order valence-electron chi connectivity index (χ3n) is 3.62. The van der Waals surface area contributed by atoms with Gasteiger partial charge in [0.25, 0.3) is 0 Å². The summed E-state index contributed by atoms with van der Waals surface area (Å²) in [4.78, 5) is 4.85. The summed E-state index contributed by atoms with van der Waals surface area (Å²) in [5.74, 6) is 0. The lowest BCUT2D eigenvalue weighted by atomic mass is 9.83. The molecule has 2 N–H and O–H groups in total. The Kier molecular flexibility index (Phi) is 4.15. The minimum absolute atomic E-state index is 0.219. The van der Waals surface area contributed by atoms with Gasteiger partial charge >= 0.3 is 0 Å². The number of likely N-dealkylation sites (N-methyl/N-ethyl adjacent to an activating group) is 2. The van der Waals surface area contributed by atoms with E-state index in [9.17, 15) is 0 Å². The highest BCUT2D eigenvalue weighted by molar-refractivity contribution is 4.86. The van der Waals surface area contributed by atoms with Crippen molar-refractivity contribution in [2.24, 2.45) is 11.1 Å². The lowest BCUT2D eigenvalue weighted by Gasteiger charge is -2.40. The van der Waals surface area contributed by atoms with Crippen molar-refractivity contribution in [2.75, 3.05) is 33.7 Å². The summed E-state index contributed by atoms with van der Waals surface area (Å²) in [5, 5.41) is 0. The molecule has 0 spiro atoms. The molecule has 0 aromatic carbocycles. The van der Waals surface area contributed by atoms with Crippen molar-refractivity contribution in [2.45, 2.75) is 39.3 Å². The van der Waals surface area contributed by atoms with Crippen LogP contribution in [0.4, 0.5) is 0 Å². The Balaban J connectivity index is 2.49. The highest BCUT2D eigenvalue weighted by Gasteiger charge is 2.28. The van der Waals surface area contributed by atoms with Crippen molar-refractivity contribution in [3.63, 3.8) is 0 Å². The second-order valence-corrected chi connectivity index (χ2v) is 6.10. The molecular formula is C12H27N3. The first-order chi connectivity index (χ1) is 6.80. The number of hydrogen-bond acceptors (Lipinski definition) is 3. The Bertz CT molecular complexity index is 198. The van der Waals surface area contributed by atoms with Crippen LogP contribution in [0.2, 0.25) is 0 Å². The molecule has 0 amide bonds.